The Balaban J connectivity index is 2.28. The van der Waals surface area contributed by atoms with Crippen LogP contribution in [-0.2, 0) is 0 Å². The van der Waals surface area contributed by atoms with Crippen molar-refractivity contribution < 1.29 is 18.8 Å². The molecule has 0 unspecified atom stereocenters. The Bertz CT molecular complexity index is 703. The average molecular weight is 290 g/mol. The number of carbonyl (C=O) groups excluding carboxylic acids is 1. The lowest BCUT2D eigenvalue weighted by atomic mass is 10.1. The third kappa shape index (κ3) is 3.33. The topological polar surface area (TPSA) is 81.5 Å². The molecule has 0 saturated carbocycles. The molecule has 7 heteroatoms. The van der Waals surface area contributed by atoms with Crippen LogP contribution < -0.4 is 10.1 Å². The molecule has 0 heterocycles. The van der Waals surface area contributed by atoms with E-state index < -0.39 is 16.6 Å². The Morgan fingerprint density at radius 2 is 2.05 bits per heavy atom. The Kier molecular flexibility index (Phi) is 4.13. The molecule has 2 aromatic carbocycles. The fourth-order valence-corrected chi connectivity index (χ4v) is 1.75. The molecular formula is C14H11FN2O4. The normalized spacial score (nSPS) is 10.0. The summed E-state index contributed by atoms with van der Waals surface area (Å²) in [5.41, 5.74) is 0.0866. The summed E-state index contributed by atoms with van der Waals surface area (Å²) in [6, 6.07) is 8.99. The van der Waals surface area contributed by atoms with E-state index in [1.165, 1.54) is 43.5 Å². The van der Waals surface area contributed by atoms with Gasteiger partial charge in [0.1, 0.15) is 11.6 Å². The number of amides is 1. The summed E-state index contributed by atoms with van der Waals surface area (Å²) in [5, 5.41) is 13.1. The van der Waals surface area contributed by atoms with E-state index in [1.54, 1.807) is 0 Å². The highest BCUT2D eigenvalue weighted by molar-refractivity contribution is 6.06. The van der Waals surface area contributed by atoms with Gasteiger partial charge in [-0.2, -0.15) is 0 Å². The maximum absolute atomic E-state index is 13.2. The Morgan fingerprint density at radius 3 is 2.71 bits per heavy atom. The Labute approximate surface area is 119 Å². The first-order chi connectivity index (χ1) is 10.0. The van der Waals surface area contributed by atoms with Crippen molar-refractivity contribution in [2.24, 2.45) is 0 Å². The first-order valence-corrected chi connectivity index (χ1v) is 5.90. The van der Waals surface area contributed by atoms with Crippen molar-refractivity contribution in [3.63, 3.8) is 0 Å². The molecule has 0 radical (unpaired) electrons. The second-order valence-electron chi connectivity index (χ2n) is 4.11. The zero-order valence-corrected chi connectivity index (χ0v) is 11.0. The second kappa shape index (κ2) is 6.00. The van der Waals surface area contributed by atoms with Crippen molar-refractivity contribution in [1.29, 1.82) is 0 Å². The lowest BCUT2D eigenvalue weighted by molar-refractivity contribution is -0.384. The lowest BCUT2D eigenvalue weighted by Gasteiger charge is -2.09. The molecule has 2 rings (SSSR count). The van der Waals surface area contributed by atoms with Gasteiger partial charge in [-0.05, 0) is 24.3 Å². The Hall–Kier alpha value is -2.96. The molecule has 0 spiro atoms. The van der Waals surface area contributed by atoms with Crippen LogP contribution in [0.2, 0.25) is 0 Å². The van der Waals surface area contributed by atoms with E-state index in [1.807, 2.05) is 0 Å². The van der Waals surface area contributed by atoms with Gasteiger partial charge in [-0.3, -0.25) is 14.9 Å². The van der Waals surface area contributed by atoms with Crippen LogP contribution in [0.25, 0.3) is 0 Å². The molecule has 0 saturated heterocycles. The summed E-state index contributed by atoms with van der Waals surface area (Å²) in [6.07, 6.45) is 0. The molecule has 0 aliphatic rings. The number of non-ortho nitro benzene ring substituents is 1. The number of nitro benzene ring substituents is 1. The number of ether oxygens (including phenoxy) is 1. The monoisotopic (exact) mass is 290 g/mol. The van der Waals surface area contributed by atoms with Gasteiger partial charge in [0, 0.05) is 17.8 Å². The van der Waals surface area contributed by atoms with E-state index in [4.69, 9.17) is 4.74 Å². The summed E-state index contributed by atoms with van der Waals surface area (Å²) in [6.45, 7) is 0. The van der Waals surface area contributed by atoms with Crippen LogP contribution in [-0.4, -0.2) is 17.9 Å². The SMILES string of the molecule is COc1ccc(F)cc1C(=O)Nc1cccc([N+](=O)[O-])c1. The van der Waals surface area contributed by atoms with E-state index in [9.17, 15) is 19.3 Å². The molecule has 0 aliphatic heterocycles. The number of hydrogen-bond acceptors (Lipinski definition) is 4. The average Bonchev–Trinajstić information content (AvgIpc) is 2.47. The smallest absolute Gasteiger partial charge is 0.271 e. The number of nitro groups is 1. The van der Waals surface area contributed by atoms with Crippen LogP contribution in [0.5, 0.6) is 5.75 Å². The minimum Gasteiger partial charge on any atom is -0.496 e. The van der Waals surface area contributed by atoms with Crippen LogP contribution in [0.3, 0.4) is 0 Å². The molecule has 21 heavy (non-hydrogen) atoms. The van der Waals surface area contributed by atoms with Gasteiger partial charge in [-0.1, -0.05) is 6.07 Å². The van der Waals surface area contributed by atoms with Gasteiger partial charge in [-0.25, -0.2) is 4.39 Å². The van der Waals surface area contributed by atoms with Crippen LogP contribution in [0.15, 0.2) is 42.5 Å². The molecule has 0 aliphatic carbocycles. The number of methoxy groups -OCH3 is 1. The van der Waals surface area contributed by atoms with Gasteiger partial charge in [0.15, 0.2) is 0 Å². The molecule has 0 atom stereocenters. The van der Waals surface area contributed by atoms with Crippen molar-refractivity contribution in [2.75, 3.05) is 12.4 Å². The minimum absolute atomic E-state index is 0.00371. The van der Waals surface area contributed by atoms with E-state index in [-0.39, 0.29) is 22.7 Å². The minimum atomic E-state index is -0.619. The quantitative estimate of drug-likeness (QED) is 0.693. The predicted octanol–water partition coefficient (Wildman–Crippen LogP) is 2.99. The number of carbonyl (C=O) groups is 1. The van der Waals surface area contributed by atoms with E-state index in [0.717, 1.165) is 6.07 Å². The summed E-state index contributed by atoms with van der Waals surface area (Å²) in [7, 11) is 1.36. The first kappa shape index (κ1) is 14.4. The zero-order valence-electron chi connectivity index (χ0n) is 11.0. The van der Waals surface area contributed by atoms with Gasteiger partial charge in [-0.15, -0.1) is 0 Å². The summed E-state index contributed by atoms with van der Waals surface area (Å²) < 4.78 is 18.2. The third-order valence-electron chi connectivity index (χ3n) is 2.72. The first-order valence-electron chi connectivity index (χ1n) is 5.90. The number of benzene rings is 2. The van der Waals surface area contributed by atoms with Crippen molar-refractivity contribution in [2.45, 2.75) is 0 Å². The third-order valence-corrected chi connectivity index (χ3v) is 2.72. The van der Waals surface area contributed by atoms with Crippen LogP contribution >= 0.6 is 0 Å². The zero-order chi connectivity index (χ0) is 15.4. The molecule has 2 aromatic rings. The summed E-state index contributed by atoms with van der Waals surface area (Å²) >= 11 is 0. The fraction of sp³-hybridized carbons (Fsp3) is 0.0714. The predicted molar refractivity (Wildman–Crippen MR) is 74.0 cm³/mol. The Morgan fingerprint density at radius 1 is 1.29 bits per heavy atom. The molecule has 0 aromatic heterocycles. The van der Waals surface area contributed by atoms with Crippen molar-refractivity contribution in [3.8, 4) is 5.75 Å². The maximum atomic E-state index is 13.2. The van der Waals surface area contributed by atoms with Crippen LogP contribution in [0.1, 0.15) is 10.4 Å². The number of halogens is 1. The van der Waals surface area contributed by atoms with E-state index in [2.05, 4.69) is 5.32 Å². The molecule has 108 valence electrons. The van der Waals surface area contributed by atoms with E-state index >= 15 is 0 Å². The van der Waals surface area contributed by atoms with Crippen molar-refractivity contribution >= 4 is 17.3 Å². The number of hydrogen-bond donors (Lipinski definition) is 1. The van der Waals surface area contributed by atoms with Gasteiger partial charge >= 0.3 is 0 Å². The fourth-order valence-electron chi connectivity index (χ4n) is 1.75. The molecule has 1 amide bonds. The van der Waals surface area contributed by atoms with Crippen molar-refractivity contribution in [3.05, 3.63) is 64.0 Å². The largest absolute Gasteiger partial charge is 0.496 e. The molecule has 0 bridgehead atoms. The number of nitrogens with zero attached hydrogens (tertiary/aromatic N) is 1. The summed E-state index contributed by atoms with van der Waals surface area (Å²) in [4.78, 5) is 22.2. The highest BCUT2D eigenvalue weighted by atomic mass is 19.1. The van der Waals surface area contributed by atoms with Gasteiger partial charge in [0.25, 0.3) is 11.6 Å². The standard InChI is InChI=1S/C14H11FN2O4/c1-21-13-6-5-9(15)7-12(13)14(18)16-10-3-2-4-11(8-10)17(19)20/h2-8H,1H3,(H,16,18). The molecule has 6 nitrogen and oxygen atoms in total. The van der Waals surface area contributed by atoms with Crippen LogP contribution in [0.4, 0.5) is 15.8 Å². The highest BCUT2D eigenvalue weighted by Gasteiger charge is 2.15. The molecular weight excluding hydrogens is 279 g/mol. The van der Waals surface area contributed by atoms with Gasteiger partial charge in [0.2, 0.25) is 0 Å². The molecule has 0 fully saturated rings. The number of rotatable bonds is 4. The lowest BCUT2D eigenvalue weighted by Crippen LogP contribution is -2.13. The second-order valence-corrected chi connectivity index (χ2v) is 4.11. The highest BCUT2D eigenvalue weighted by Crippen LogP contribution is 2.22. The number of nitrogens with one attached hydrogen (secondary N) is 1. The van der Waals surface area contributed by atoms with Crippen LogP contribution in [0, 0.1) is 15.9 Å². The van der Waals surface area contributed by atoms with Gasteiger partial charge in [0.05, 0.1) is 17.6 Å². The van der Waals surface area contributed by atoms with Crippen molar-refractivity contribution in [1.82, 2.24) is 0 Å². The van der Waals surface area contributed by atoms with E-state index in [0.29, 0.717) is 0 Å². The van der Waals surface area contributed by atoms with Gasteiger partial charge < -0.3 is 10.1 Å². The molecule has 1 N–H and O–H groups in total. The summed E-state index contributed by atoms with van der Waals surface area (Å²) in [5.74, 6) is -0.994. The maximum Gasteiger partial charge on any atom is 0.271 e. The number of anilines is 1.